The summed E-state index contributed by atoms with van der Waals surface area (Å²) in [5.41, 5.74) is 11.7. The second-order valence-electron chi connectivity index (χ2n) is 8.12. The van der Waals surface area contributed by atoms with Crippen molar-refractivity contribution in [2.75, 3.05) is 17.3 Å². The van der Waals surface area contributed by atoms with Gasteiger partial charge in [0.25, 0.3) is 0 Å². The second kappa shape index (κ2) is 7.72. The quantitative estimate of drug-likeness (QED) is 0.349. The lowest BCUT2D eigenvalue weighted by atomic mass is 10.0. The van der Waals surface area contributed by atoms with Crippen LogP contribution in [0.4, 0.5) is 17.1 Å². The SMILES string of the molecule is Cc1ccc(N(C)c2ccc3c(c2)-c2ccc(NCc4ccccc4)cc2C3)cc1. The average molecular weight is 391 g/mol. The van der Waals surface area contributed by atoms with Crippen molar-refractivity contribution in [3.05, 3.63) is 113 Å². The minimum atomic E-state index is 0.845. The molecule has 1 aliphatic rings. The first kappa shape index (κ1) is 18.5. The Morgan fingerprint density at radius 2 is 1.50 bits per heavy atom. The molecule has 2 heteroatoms. The Kier molecular flexibility index (Phi) is 4.76. The summed E-state index contributed by atoms with van der Waals surface area (Å²) in [6.07, 6.45) is 1.00. The highest BCUT2D eigenvalue weighted by Gasteiger charge is 2.20. The molecule has 148 valence electrons. The molecule has 1 aliphatic carbocycles. The number of nitrogens with one attached hydrogen (secondary N) is 1. The van der Waals surface area contributed by atoms with Crippen LogP contribution in [0.2, 0.25) is 0 Å². The number of fused-ring (bicyclic) bond motifs is 3. The van der Waals surface area contributed by atoms with E-state index in [1.807, 2.05) is 0 Å². The van der Waals surface area contributed by atoms with Crippen molar-refractivity contribution in [3.63, 3.8) is 0 Å². The van der Waals surface area contributed by atoms with Crippen molar-refractivity contribution in [2.24, 2.45) is 0 Å². The number of rotatable bonds is 5. The molecule has 0 atom stereocenters. The third-order valence-electron chi connectivity index (χ3n) is 6.02. The molecule has 0 unspecified atom stereocenters. The Bertz CT molecular complexity index is 1180. The van der Waals surface area contributed by atoms with E-state index in [1.54, 1.807) is 0 Å². The highest BCUT2D eigenvalue weighted by atomic mass is 15.1. The molecule has 4 aromatic carbocycles. The van der Waals surface area contributed by atoms with Crippen LogP contribution in [0, 0.1) is 6.92 Å². The highest BCUT2D eigenvalue weighted by Crippen LogP contribution is 2.40. The van der Waals surface area contributed by atoms with Gasteiger partial charge in [-0.25, -0.2) is 0 Å². The lowest BCUT2D eigenvalue weighted by Crippen LogP contribution is -2.09. The van der Waals surface area contributed by atoms with Gasteiger partial charge in [0.2, 0.25) is 0 Å². The monoisotopic (exact) mass is 390 g/mol. The third-order valence-corrected chi connectivity index (χ3v) is 6.02. The van der Waals surface area contributed by atoms with Crippen LogP contribution in [0.3, 0.4) is 0 Å². The fourth-order valence-electron chi connectivity index (χ4n) is 4.21. The van der Waals surface area contributed by atoms with Gasteiger partial charge in [-0.15, -0.1) is 0 Å². The Morgan fingerprint density at radius 3 is 2.30 bits per heavy atom. The number of aryl methyl sites for hydroxylation is 1. The second-order valence-corrected chi connectivity index (χ2v) is 8.12. The summed E-state index contributed by atoms with van der Waals surface area (Å²) >= 11 is 0. The predicted octanol–water partition coefficient (Wildman–Crippen LogP) is 6.95. The molecule has 0 aliphatic heterocycles. The molecule has 0 spiro atoms. The van der Waals surface area contributed by atoms with Gasteiger partial charge in [-0.2, -0.15) is 0 Å². The molecule has 0 saturated carbocycles. The Labute approximate surface area is 178 Å². The number of hydrogen-bond donors (Lipinski definition) is 1. The van der Waals surface area contributed by atoms with Crippen LogP contribution in [0.5, 0.6) is 0 Å². The fraction of sp³-hybridized carbons (Fsp3) is 0.143. The van der Waals surface area contributed by atoms with E-state index in [0.717, 1.165) is 13.0 Å². The van der Waals surface area contributed by atoms with Gasteiger partial charge in [-0.05, 0) is 77.6 Å². The molecule has 5 rings (SSSR count). The molecule has 0 fully saturated rings. The minimum absolute atomic E-state index is 0.845. The van der Waals surface area contributed by atoms with Crippen LogP contribution >= 0.6 is 0 Å². The van der Waals surface area contributed by atoms with Crippen LogP contribution in [0.25, 0.3) is 11.1 Å². The van der Waals surface area contributed by atoms with E-state index in [4.69, 9.17) is 0 Å². The van der Waals surface area contributed by atoms with Crippen LogP contribution < -0.4 is 10.2 Å². The van der Waals surface area contributed by atoms with Gasteiger partial charge in [-0.3, -0.25) is 0 Å². The number of nitrogens with zero attached hydrogens (tertiary/aromatic N) is 1. The van der Waals surface area contributed by atoms with Gasteiger partial charge < -0.3 is 10.2 Å². The van der Waals surface area contributed by atoms with Gasteiger partial charge in [-0.1, -0.05) is 60.2 Å². The van der Waals surface area contributed by atoms with Crippen LogP contribution in [-0.4, -0.2) is 7.05 Å². The summed E-state index contributed by atoms with van der Waals surface area (Å²) in [7, 11) is 2.14. The molecule has 0 bridgehead atoms. The first-order valence-electron chi connectivity index (χ1n) is 10.5. The van der Waals surface area contributed by atoms with E-state index < -0.39 is 0 Å². The zero-order valence-corrected chi connectivity index (χ0v) is 17.5. The van der Waals surface area contributed by atoms with Gasteiger partial charge in [0.15, 0.2) is 0 Å². The molecule has 4 aromatic rings. The van der Waals surface area contributed by atoms with E-state index in [9.17, 15) is 0 Å². The molecule has 30 heavy (non-hydrogen) atoms. The van der Waals surface area contributed by atoms with Gasteiger partial charge in [0, 0.05) is 30.7 Å². The molecule has 0 heterocycles. The zero-order valence-electron chi connectivity index (χ0n) is 17.5. The van der Waals surface area contributed by atoms with Gasteiger partial charge in [0.1, 0.15) is 0 Å². The van der Waals surface area contributed by atoms with Crippen molar-refractivity contribution in [1.82, 2.24) is 0 Å². The molecule has 0 radical (unpaired) electrons. The molecular weight excluding hydrogens is 364 g/mol. The summed E-state index contributed by atoms with van der Waals surface area (Å²) in [6.45, 7) is 2.97. The molecule has 0 amide bonds. The van der Waals surface area contributed by atoms with Crippen molar-refractivity contribution in [2.45, 2.75) is 19.9 Å². The summed E-state index contributed by atoms with van der Waals surface area (Å²) < 4.78 is 0. The lowest BCUT2D eigenvalue weighted by Gasteiger charge is -2.20. The van der Waals surface area contributed by atoms with Crippen molar-refractivity contribution >= 4 is 17.1 Å². The average Bonchev–Trinajstić information content (AvgIpc) is 3.15. The first-order valence-corrected chi connectivity index (χ1v) is 10.5. The summed E-state index contributed by atoms with van der Waals surface area (Å²) in [5, 5.41) is 3.56. The van der Waals surface area contributed by atoms with Crippen molar-refractivity contribution in [3.8, 4) is 11.1 Å². The third kappa shape index (κ3) is 3.57. The molecule has 1 N–H and O–H groups in total. The van der Waals surface area contributed by atoms with E-state index in [-0.39, 0.29) is 0 Å². The van der Waals surface area contributed by atoms with Crippen molar-refractivity contribution < 1.29 is 0 Å². The van der Waals surface area contributed by atoms with Crippen LogP contribution in [0.1, 0.15) is 22.3 Å². The topological polar surface area (TPSA) is 15.3 Å². The molecule has 0 saturated heterocycles. The normalized spacial score (nSPS) is 11.7. The highest BCUT2D eigenvalue weighted by molar-refractivity contribution is 5.82. The molecule has 0 aromatic heterocycles. The standard InChI is InChI=1S/C28H26N2/c1-20-8-12-25(13-9-20)30(2)26-14-10-22-16-23-17-24(11-15-27(23)28(22)18-26)29-19-21-6-4-3-5-7-21/h3-15,17-18,29H,16,19H2,1-2H3. The van der Waals surface area contributed by atoms with Crippen LogP contribution in [0.15, 0.2) is 91.0 Å². The fourth-order valence-corrected chi connectivity index (χ4v) is 4.21. The summed E-state index contributed by atoms with van der Waals surface area (Å²) in [4.78, 5) is 2.26. The zero-order chi connectivity index (χ0) is 20.5. The minimum Gasteiger partial charge on any atom is -0.381 e. The first-order chi connectivity index (χ1) is 14.7. The summed E-state index contributed by atoms with van der Waals surface area (Å²) in [6, 6.07) is 32.9. The van der Waals surface area contributed by atoms with Crippen LogP contribution in [-0.2, 0) is 13.0 Å². The predicted molar refractivity (Wildman–Crippen MR) is 128 cm³/mol. The van der Waals surface area contributed by atoms with Gasteiger partial charge in [0.05, 0.1) is 0 Å². The maximum absolute atomic E-state index is 3.56. The van der Waals surface area contributed by atoms with E-state index in [1.165, 1.54) is 50.4 Å². The smallest absolute Gasteiger partial charge is 0.0414 e. The number of hydrogen-bond acceptors (Lipinski definition) is 2. The van der Waals surface area contributed by atoms with E-state index in [0.29, 0.717) is 0 Å². The van der Waals surface area contributed by atoms with E-state index in [2.05, 4.69) is 115 Å². The molecular formula is C28H26N2. The Hall–Kier alpha value is -3.52. The van der Waals surface area contributed by atoms with Crippen molar-refractivity contribution in [1.29, 1.82) is 0 Å². The summed E-state index contributed by atoms with van der Waals surface area (Å²) in [5.74, 6) is 0. The number of benzene rings is 4. The maximum atomic E-state index is 3.56. The maximum Gasteiger partial charge on any atom is 0.0414 e. The largest absolute Gasteiger partial charge is 0.381 e. The molecule has 2 nitrogen and oxygen atoms in total. The Morgan fingerprint density at radius 1 is 0.733 bits per heavy atom. The number of anilines is 3. The Balaban J connectivity index is 1.38. The van der Waals surface area contributed by atoms with Gasteiger partial charge >= 0.3 is 0 Å². The lowest BCUT2D eigenvalue weighted by molar-refractivity contribution is 1.14. The van der Waals surface area contributed by atoms with E-state index >= 15 is 0 Å².